The van der Waals surface area contributed by atoms with Gasteiger partial charge in [0.15, 0.2) is 0 Å². The third kappa shape index (κ3) is 4.71. The Kier molecular flexibility index (Phi) is 5.66. The Labute approximate surface area is 147 Å². The Morgan fingerprint density at radius 2 is 2.08 bits per heavy atom. The zero-order chi connectivity index (χ0) is 18.6. The van der Waals surface area contributed by atoms with Gasteiger partial charge in [0.25, 0.3) is 0 Å². The van der Waals surface area contributed by atoms with Gasteiger partial charge in [0.05, 0.1) is 12.6 Å². The van der Waals surface area contributed by atoms with Gasteiger partial charge in [-0.05, 0) is 52.8 Å². The van der Waals surface area contributed by atoms with Crippen molar-refractivity contribution in [2.45, 2.75) is 46.3 Å². The zero-order valence-electron chi connectivity index (χ0n) is 15.3. The van der Waals surface area contributed by atoms with E-state index in [1.165, 1.54) is 0 Å². The fourth-order valence-electron chi connectivity index (χ4n) is 2.50. The minimum absolute atomic E-state index is 0.209. The maximum Gasteiger partial charge on any atom is 0.407 e. The molecule has 0 spiro atoms. The van der Waals surface area contributed by atoms with Crippen LogP contribution in [0.5, 0.6) is 0 Å². The normalized spacial score (nSPS) is 12.7. The molecular weight excluding hydrogens is 322 g/mol. The first-order valence-corrected chi connectivity index (χ1v) is 8.33. The summed E-state index contributed by atoms with van der Waals surface area (Å²) < 4.78 is 12.2. The van der Waals surface area contributed by atoms with E-state index in [0.29, 0.717) is 24.5 Å². The molecule has 0 aliphatic carbocycles. The molecule has 7 heteroatoms. The number of nitrogens with zero attached hydrogens (tertiary/aromatic N) is 2. The van der Waals surface area contributed by atoms with Crippen molar-refractivity contribution in [1.29, 1.82) is 0 Å². The molecule has 0 saturated carbocycles. The lowest BCUT2D eigenvalue weighted by Crippen LogP contribution is -2.35. The van der Waals surface area contributed by atoms with Gasteiger partial charge in [0.2, 0.25) is 0 Å². The van der Waals surface area contributed by atoms with Gasteiger partial charge in [0, 0.05) is 18.1 Å². The van der Waals surface area contributed by atoms with Gasteiger partial charge in [-0.15, -0.1) is 0 Å². The van der Waals surface area contributed by atoms with Crippen LogP contribution < -0.4 is 5.32 Å². The van der Waals surface area contributed by atoms with E-state index < -0.39 is 17.7 Å². The lowest BCUT2D eigenvalue weighted by atomic mass is 10.2. The molecule has 1 N–H and O–H groups in total. The van der Waals surface area contributed by atoms with E-state index in [-0.39, 0.29) is 6.04 Å². The second-order valence-electron chi connectivity index (χ2n) is 6.77. The average Bonchev–Trinajstić information content (AvgIpc) is 2.91. The molecule has 7 nitrogen and oxygen atoms in total. The molecule has 0 bridgehead atoms. The fourth-order valence-corrected chi connectivity index (χ4v) is 2.50. The maximum atomic E-state index is 12.3. The topological polar surface area (TPSA) is 82.5 Å². The van der Waals surface area contributed by atoms with Crippen molar-refractivity contribution < 1.29 is 19.1 Å². The highest BCUT2D eigenvalue weighted by atomic mass is 16.6. The third-order valence-corrected chi connectivity index (χ3v) is 3.46. The number of alkyl carbamates (subject to hydrolysis) is 1. The van der Waals surface area contributed by atoms with E-state index in [1.54, 1.807) is 44.5 Å². The van der Waals surface area contributed by atoms with Crippen molar-refractivity contribution in [3.8, 4) is 0 Å². The van der Waals surface area contributed by atoms with E-state index in [9.17, 15) is 9.59 Å². The van der Waals surface area contributed by atoms with Crippen LogP contribution in [-0.2, 0) is 9.47 Å². The number of esters is 1. The number of hydrogen-bond donors (Lipinski definition) is 1. The van der Waals surface area contributed by atoms with Crippen LogP contribution in [0.25, 0.3) is 11.0 Å². The van der Waals surface area contributed by atoms with E-state index in [4.69, 9.17) is 9.47 Å². The largest absolute Gasteiger partial charge is 0.461 e. The number of carbonyl (C=O) groups is 2. The molecule has 2 aromatic rings. The van der Waals surface area contributed by atoms with Crippen LogP contribution in [0.3, 0.4) is 0 Å². The number of rotatable bonds is 5. The SMILES string of the molecule is CCOC(=O)c1cc2cccnc2n1C(C)CNC(=O)OC(C)(C)C. The minimum Gasteiger partial charge on any atom is -0.461 e. The van der Waals surface area contributed by atoms with E-state index in [2.05, 4.69) is 10.3 Å². The molecule has 0 aliphatic heterocycles. The third-order valence-electron chi connectivity index (χ3n) is 3.46. The summed E-state index contributed by atoms with van der Waals surface area (Å²) in [5.41, 5.74) is 0.517. The molecule has 0 radical (unpaired) electrons. The highest BCUT2D eigenvalue weighted by molar-refractivity contribution is 5.94. The smallest absolute Gasteiger partial charge is 0.407 e. The number of aromatic nitrogens is 2. The lowest BCUT2D eigenvalue weighted by Gasteiger charge is -2.22. The van der Waals surface area contributed by atoms with Gasteiger partial charge in [-0.3, -0.25) is 0 Å². The van der Waals surface area contributed by atoms with Gasteiger partial charge >= 0.3 is 12.1 Å². The first kappa shape index (κ1) is 18.8. The number of hydrogen-bond acceptors (Lipinski definition) is 5. The maximum absolute atomic E-state index is 12.3. The van der Waals surface area contributed by atoms with Crippen molar-refractivity contribution in [3.05, 3.63) is 30.1 Å². The van der Waals surface area contributed by atoms with Crippen molar-refractivity contribution in [2.75, 3.05) is 13.2 Å². The molecule has 2 heterocycles. The predicted molar refractivity (Wildman–Crippen MR) is 94.6 cm³/mol. The first-order valence-electron chi connectivity index (χ1n) is 8.33. The summed E-state index contributed by atoms with van der Waals surface area (Å²) >= 11 is 0. The molecule has 2 aromatic heterocycles. The van der Waals surface area contributed by atoms with Gasteiger partial charge < -0.3 is 19.4 Å². The Hall–Kier alpha value is -2.57. The summed E-state index contributed by atoms with van der Waals surface area (Å²) in [5, 5.41) is 3.57. The number of ether oxygens (including phenoxy) is 2. The summed E-state index contributed by atoms with van der Waals surface area (Å²) in [7, 11) is 0. The van der Waals surface area contributed by atoms with Gasteiger partial charge in [-0.2, -0.15) is 0 Å². The second kappa shape index (κ2) is 7.55. The van der Waals surface area contributed by atoms with Crippen LogP contribution in [0.2, 0.25) is 0 Å². The Bertz CT molecular complexity index is 761. The molecule has 25 heavy (non-hydrogen) atoms. The van der Waals surface area contributed by atoms with Gasteiger partial charge in [-0.1, -0.05) is 0 Å². The summed E-state index contributed by atoms with van der Waals surface area (Å²) in [6, 6.07) is 5.24. The van der Waals surface area contributed by atoms with Crippen LogP contribution in [0, 0.1) is 0 Å². The minimum atomic E-state index is -0.564. The highest BCUT2D eigenvalue weighted by Gasteiger charge is 2.22. The molecule has 1 amide bonds. The number of nitrogens with one attached hydrogen (secondary N) is 1. The fraction of sp³-hybridized carbons (Fsp3) is 0.500. The van der Waals surface area contributed by atoms with Gasteiger partial charge in [-0.25, -0.2) is 14.6 Å². The van der Waals surface area contributed by atoms with Gasteiger partial charge in [0.1, 0.15) is 16.9 Å². The molecular formula is C18H25N3O4. The summed E-state index contributed by atoms with van der Waals surface area (Å²) in [5.74, 6) is -0.412. The molecule has 0 aliphatic rings. The highest BCUT2D eigenvalue weighted by Crippen LogP contribution is 2.23. The number of carbonyl (C=O) groups excluding carboxylic acids is 2. The summed E-state index contributed by atoms with van der Waals surface area (Å²) in [6.07, 6.45) is 1.17. The molecule has 2 rings (SSSR count). The Morgan fingerprint density at radius 3 is 2.72 bits per heavy atom. The predicted octanol–water partition coefficient (Wildman–Crippen LogP) is 3.30. The molecule has 136 valence electrons. The van der Waals surface area contributed by atoms with Crippen molar-refractivity contribution in [2.24, 2.45) is 0 Å². The first-order chi connectivity index (χ1) is 11.7. The summed E-state index contributed by atoms with van der Waals surface area (Å²) in [4.78, 5) is 28.5. The second-order valence-corrected chi connectivity index (χ2v) is 6.77. The molecule has 1 unspecified atom stereocenters. The zero-order valence-corrected chi connectivity index (χ0v) is 15.3. The van der Waals surface area contributed by atoms with E-state index >= 15 is 0 Å². The Morgan fingerprint density at radius 1 is 1.36 bits per heavy atom. The van der Waals surface area contributed by atoms with Crippen LogP contribution in [-0.4, -0.2) is 40.4 Å². The van der Waals surface area contributed by atoms with E-state index in [1.807, 2.05) is 19.1 Å². The van der Waals surface area contributed by atoms with E-state index in [0.717, 1.165) is 5.39 Å². The van der Waals surface area contributed by atoms with Crippen LogP contribution in [0.15, 0.2) is 24.4 Å². The molecule has 0 saturated heterocycles. The molecule has 0 fully saturated rings. The lowest BCUT2D eigenvalue weighted by molar-refractivity contribution is 0.0511. The number of amides is 1. The average molecular weight is 347 g/mol. The quantitative estimate of drug-likeness (QED) is 0.839. The van der Waals surface area contributed by atoms with Crippen LogP contribution in [0.4, 0.5) is 4.79 Å². The monoisotopic (exact) mass is 347 g/mol. The van der Waals surface area contributed by atoms with Crippen molar-refractivity contribution in [1.82, 2.24) is 14.9 Å². The standard InChI is InChI=1S/C18H25N3O4/c1-6-24-16(22)14-10-13-8-7-9-19-15(13)21(14)12(2)11-20-17(23)25-18(3,4)5/h7-10,12H,6,11H2,1-5H3,(H,20,23). The number of fused-ring (bicyclic) bond motifs is 1. The molecule has 0 aromatic carbocycles. The molecule has 1 atom stereocenters. The summed E-state index contributed by atoms with van der Waals surface area (Å²) in [6.45, 7) is 9.65. The van der Waals surface area contributed by atoms with Crippen LogP contribution in [0.1, 0.15) is 51.1 Å². The van der Waals surface area contributed by atoms with Crippen molar-refractivity contribution in [3.63, 3.8) is 0 Å². The van der Waals surface area contributed by atoms with Crippen molar-refractivity contribution >= 4 is 23.1 Å². The van der Waals surface area contributed by atoms with Crippen LogP contribution >= 0.6 is 0 Å². The Balaban J connectivity index is 2.24. The number of pyridine rings is 1.